The lowest BCUT2D eigenvalue weighted by atomic mass is 10.1. The fourth-order valence-electron chi connectivity index (χ4n) is 3.02. The first-order valence-electron chi connectivity index (χ1n) is 8.04. The number of aliphatic hydroxyl groups is 1. The number of hydrogen-bond acceptors (Lipinski definition) is 4. The lowest BCUT2D eigenvalue weighted by Gasteiger charge is -2.40. The Kier molecular flexibility index (Phi) is 6.33. The fourth-order valence-corrected chi connectivity index (χ4v) is 3.65. The van der Waals surface area contributed by atoms with E-state index in [1.807, 2.05) is 36.3 Å². The Morgan fingerprint density at radius 3 is 2.83 bits per heavy atom. The van der Waals surface area contributed by atoms with Crippen molar-refractivity contribution in [1.82, 2.24) is 9.80 Å². The molecule has 1 aliphatic heterocycles. The Morgan fingerprint density at radius 1 is 1.48 bits per heavy atom. The first-order valence-corrected chi connectivity index (χ1v) is 9.26. The number of nitrogens with zero attached hydrogens (tertiary/aromatic N) is 2. The summed E-state index contributed by atoms with van der Waals surface area (Å²) in [5, 5.41) is 12.6. The fraction of sp³-hybridized carbons (Fsp3) is 0.588. The molecule has 2 atom stereocenters. The summed E-state index contributed by atoms with van der Waals surface area (Å²) in [7, 11) is 0. The number of anilines is 1. The third-order valence-corrected chi connectivity index (χ3v) is 4.96. The summed E-state index contributed by atoms with van der Waals surface area (Å²) in [6, 6.07) is 6.13. The monoisotopic (exact) mass is 337 g/mol. The molecule has 5 nitrogen and oxygen atoms in total. The molecule has 0 saturated carbocycles. The van der Waals surface area contributed by atoms with Gasteiger partial charge in [-0.15, -0.1) is 11.8 Å². The molecule has 23 heavy (non-hydrogen) atoms. The van der Waals surface area contributed by atoms with E-state index in [9.17, 15) is 9.90 Å². The van der Waals surface area contributed by atoms with Gasteiger partial charge in [-0.25, -0.2) is 4.79 Å². The molecule has 2 rings (SSSR count). The van der Waals surface area contributed by atoms with Crippen molar-refractivity contribution in [3.8, 4) is 0 Å². The van der Waals surface area contributed by atoms with Gasteiger partial charge in [-0.2, -0.15) is 0 Å². The van der Waals surface area contributed by atoms with Crippen molar-refractivity contribution in [2.75, 3.05) is 37.8 Å². The molecule has 0 aliphatic carbocycles. The molecule has 1 aliphatic rings. The molecule has 1 saturated heterocycles. The number of amides is 2. The number of β-amino-alcohol motifs (C(OH)–C–C–N with tert-alkyl or cyclic N) is 1. The maximum atomic E-state index is 12.7. The Bertz CT molecular complexity index is 551. The van der Waals surface area contributed by atoms with E-state index in [4.69, 9.17) is 0 Å². The van der Waals surface area contributed by atoms with E-state index in [2.05, 4.69) is 17.1 Å². The maximum absolute atomic E-state index is 12.7. The molecule has 0 radical (unpaired) electrons. The van der Waals surface area contributed by atoms with E-state index >= 15 is 0 Å². The first-order chi connectivity index (χ1) is 10.9. The van der Waals surface area contributed by atoms with E-state index in [1.165, 1.54) is 0 Å². The number of carbonyl (C=O) groups is 1. The molecule has 128 valence electrons. The largest absolute Gasteiger partial charge is 0.392 e. The molecule has 1 aromatic carbocycles. The smallest absolute Gasteiger partial charge is 0.322 e. The van der Waals surface area contributed by atoms with Gasteiger partial charge in [0.25, 0.3) is 0 Å². The Morgan fingerprint density at radius 2 is 2.22 bits per heavy atom. The van der Waals surface area contributed by atoms with Crippen molar-refractivity contribution >= 4 is 23.5 Å². The van der Waals surface area contributed by atoms with Gasteiger partial charge in [-0.05, 0) is 38.7 Å². The number of hydrogen-bond donors (Lipinski definition) is 2. The van der Waals surface area contributed by atoms with Crippen LogP contribution in [-0.4, -0.2) is 65.5 Å². The van der Waals surface area contributed by atoms with Crippen LogP contribution in [0, 0.1) is 6.92 Å². The van der Waals surface area contributed by atoms with Crippen molar-refractivity contribution in [2.24, 2.45) is 0 Å². The summed E-state index contributed by atoms with van der Waals surface area (Å²) in [6.45, 7) is 8.80. The second-order valence-electron chi connectivity index (χ2n) is 6.23. The molecule has 0 spiro atoms. The summed E-state index contributed by atoms with van der Waals surface area (Å²) in [6.07, 6.45) is 1.68. The standard InChI is InChI=1S/C17H27N3O2S/c1-12-6-5-7-15(23-4)16(12)18-17(22)20-9-8-19(10-13(20)2)11-14(3)21/h5-7,13-14,21H,8-11H2,1-4H3,(H,18,22)/t13-,14-/m0/s1. The van der Waals surface area contributed by atoms with Crippen LogP contribution in [0.25, 0.3) is 0 Å². The van der Waals surface area contributed by atoms with Crippen LogP contribution >= 0.6 is 11.8 Å². The van der Waals surface area contributed by atoms with Crippen LogP contribution in [0.2, 0.25) is 0 Å². The zero-order valence-electron chi connectivity index (χ0n) is 14.4. The minimum absolute atomic E-state index is 0.0428. The maximum Gasteiger partial charge on any atom is 0.322 e. The zero-order valence-corrected chi connectivity index (χ0v) is 15.2. The van der Waals surface area contributed by atoms with Crippen LogP contribution in [0.4, 0.5) is 10.5 Å². The predicted octanol–water partition coefficient (Wildman–Crippen LogP) is 2.64. The van der Waals surface area contributed by atoms with Crippen molar-refractivity contribution in [2.45, 2.75) is 37.8 Å². The highest BCUT2D eigenvalue weighted by Gasteiger charge is 2.28. The topological polar surface area (TPSA) is 55.8 Å². The Balaban J connectivity index is 2.02. The van der Waals surface area contributed by atoms with E-state index in [1.54, 1.807) is 18.7 Å². The van der Waals surface area contributed by atoms with Crippen LogP contribution in [0.5, 0.6) is 0 Å². The third-order valence-electron chi connectivity index (χ3n) is 4.18. The second-order valence-corrected chi connectivity index (χ2v) is 7.08. The van der Waals surface area contributed by atoms with E-state index in [0.29, 0.717) is 13.1 Å². The third kappa shape index (κ3) is 4.62. The van der Waals surface area contributed by atoms with Gasteiger partial charge in [0.2, 0.25) is 0 Å². The predicted molar refractivity (Wildman–Crippen MR) is 96.3 cm³/mol. The van der Waals surface area contributed by atoms with Crippen LogP contribution in [0.1, 0.15) is 19.4 Å². The highest BCUT2D eigenvalue weighted by molar-refractivity contribution is 7.98. The SMILES string of the molecule is CSc1cccc(C)c1NC(=O)N1CCN(C[C@H](C)O)C[C@@H]1C. The number of thioether (sulfide) groups is 1. The molecule has 1 heterocycles. The Hall–Kier alpha value is -1.24. The summed E-state index contributed by atoms with van der Waals surface area (Å²) < 4.78 is 0. The van der Waals surface area contributed by atoms with Crippen molar-refractivity contribution < 1.29 is 9.90 Å². The number of benzene rings is 1. The number of nitrogens with one attached hydrogen (secondary N) is 1. The van der Waals surface area contributed by atoms with Gasteiger partial charge in [0, 0.05) is 37.1 Å². The van der Waals surface area contributed by atoms with E-state index in [0.717, 1.165) is 29.2 Å². The molecule has 2 N–H and O–H groups in total. The summed E-state index contributed by atoms with van der Waals surface area (Å²) in [4.78, 5) is 17.8. The van der Waals surface area contributed by atoms with E-state index < -0.39 is 0 Å². The number of carbonyl (C=O) groups excluding carboxylic acids is 1. The van der Waals surface area contributed by atoms with Crippen LogP contribution in [-0.2, 0) is 0 Å². The van der Waals surface area contributed by atoms with Crippen molar-refractivity contribution in [1.29, 1.82) is 0 Å². The highest BCUT2D eigenvalue weighted by atomic mass is 32.2. The molecule has 1 aromatic rings. The van der Waals surface area contributed by atoms with Gasteiger partial charge in [0.05, 0.1) is 11.8 Å². The van der Waals surface area contributed by atoms with Gasteiger partial charge >= 0.3 is 6.03 Å². The molecule has 6 heteroatoms. The highest BCUT2D eigenvalue weighted by Crippen LogP contribution is 2.29. The number of urea groups is 1. The van der Waals surface area contributed by atoms with Crippen molar-refractivity contribution in [3.63, 3.8) is 0 Å². The minimum Gasteiger partial charge on any atom is -0.392 e. The average Bonchev–Trinajstić information content (AvgIpc) is 2.48. The Labute approximate surface area is 143 Å². The van der Waals surface area contributed by atoms with Crippen LogP contribution in [0.15, 0.2) is 23.1 Å². The summed E-state index contributed by atoms with van der Waals surface area (Å²) >= 11 is 1.64. The van der Waals surface area contributed by atoms with Crippen molar-refractivity contribution in [3.05, 3.63) is 23.8 Å². The van der Waals surface area contributed by atoms with Gasteiger partial charge in [-0.1, -0.05) is 12.1 Å². The van der Waals surface area contributed by atoms with Gasteiger partial charge in [0.15, 0.2) is 0 Å². The first kappa shape index (κ1) is 18.1. The molecule has 0 aromatic heterocycles. The second kappa shape index (κ2) is 8.04. The number of aryl methyl sites for hydroxylation is 1. The summed E-state index contributed by atoms with van der Waals surface area (Å²) in [5.41, 5.74) is 1.98. The lowest BCUT2D eigenvalue weighted by Crippen LogP contribution is -2.56. The minimum atomic E-state index is -0.335. The van der Waals surface area contributed by atoms with Gasteiger partial charge < -0.3 is 15.3 Å². The molecule has 0 unspecified atom stereocenters. The number of rotatable bonds is 4. The normalized spacial score (nSPS) is 20.4. The average molecular weight is 337 g/mol. The summed E-state index contributed by atoms with van der Waals surface area (Å²) in [5.74, 6) is 0. The molecule has 2 amide bonds. The molecular formula is C17H27N3O2S. The number of piperazine rings is 1. The molecule has 1 fully saturated rings. The van der Waals surface area contributed by atoms with E-state index in [-0.39, 0.29) is 18.2 Å². The molecule has 0 bridgehead atoms. The number of aliphatic hydroxyl groups excluding tert-OH is 1. The van der Waals surface area contributed by atoms with Gasteiger partial charge in [-0.3, -0.25) is 4.90 Å². The zero-order chi connectivity index (χ0) is 17.0. The lowest BCUT2D eigenvalue weighted by molar-refractivity contribution is 0.0691. The van der Waals surface area contributed by atoms with Crippen LogP contribution in [0.3, 0.4) is 0 Å². The number of para-hydroxylation sites is 1. The van der Waals surface area contributed by atoms with Gasteiger partial charge in [0.1, 0.15) is 0 Å². The quantitative estimate of drug-likeness (QED) is 0.830. The van der Waals surface area contributed by atoms with Crippen LogP contribution < -0.4 is 5.32 Å². The molecular weight excluding hydrogens is 310 g/mol.